The first-order chi connectivity index (χ1) is 17.6. The zero-order valence-electron chi connectivity index (χ0n) is 23.6. The number of allylic oxidation sites excluding steroid dienone is 1. The summed E-state index contributed by atoms with van der Waals surface area (Å²) in [5.41, 5.74) is 8.57. The smallest absolute Gasteiger partial charge is 0.186 e. The monoisotopic (exact) mass is 499 g/mol. The van der Waals surface area contributed by atoms with Gasteiger partial charge in [-0.15, -0.1) is 0 Å². The van der Waals surface area contributed by atoms with Gasteiger partial charge in [-0.25, -0.2) is 0 Å². The average molecular weight is 500 g/mol. The Kier molecular flexibility index (Phi) is 9.67. The molecule has 0 spiro atoms. The van der Waals surface area contributed by atoms with Crippen LogP contribution in [0.5, 0.6) is 5.75 Å². The van der Waals surface area contributed by atoms with Gasteiger partial charge in [0.2, 0.25) is 0 Å². The molecule has 0 fully saturated rings. The Hall–Kier alpha value is -3.41. The lowest BCUT2D eigenvalue weighted by Gasteiger charge is -2.24. The first-order valence-corrected chi connectivity index (χ1v) is 12.7. The molecule has 0 heterocycles. The second-order valence-corrected chi connectivity index (χ2v) is 10.3. The third kappa shape index (κ3) is 7.78. The number of likely N-dealkylation sites (N-methyl/N-ethyl adjacent to an activating group) is 2. The van der Waals surface area contributed by atoms with Crippen molar-refractivity contribution in [2.24, 2.45) is 0 Å². The molecule has 0 aliphatic rings. The molecule has 5 nitrogen and oxygen atoms in total. The van der Waals surface area contributed by atoms with E-state index in [-0.39, 0.29) is 5.78 Å². The largest absolute Gasteiger partial charge is 0.497 e. The minimum Gasteiger partial charge on any atom is -0.497 e. The Morgan fingerprint density at radius 3 is 2.14 bits per heavy atom. The van der Waals surface area contributed by atoms with E-state index >= 15 is 0 Å². The van der Waals surface area contributed by atoms with Gasteiger partial charge in [0.25, 0.3) is 0 Å². The fourth-order valence-electron chi connectivity index (χ4n) is 4.49. The number of carbonyl (C=O) groups is 1. The molecule has 0 aliphatic carbocycles. The molecule has 0 aliphatic heterocycles. The van der Waals surface area contributed by atoms with Crippen molar-refractivity contribution in [1.82, 2.24) is 9.80 Å². The van der Waals surface area contributed by atoms with E-state index in [0.29, 0.717) is 12.1 Å². The highest BCUT2D eigenvalue weighted by Crippen LogP contribution is 2.30. The minimum absolute atomic E-state index is 0.0156. The van der Waals surface area contributed by atoms with Crippen molar-refractivity contribution in [2.75, 3.05) is 60.3 Å². The predicted octanol–water partition coefficient (Wildman–Crippen LogP) is 5.93. The normalized spacial score (nSPS) is 11.5. The maximum atomic E-state index is 13.4. The van der Waals surface area contributed by atoms with E-state index in [4.69, 9.17) is 4.74 Å². The van der Waals surface area contributed by atoms with Crippen LogP contribution in [0.4, 0.5) is 5.69 Å². The van der Waals surface area contributed by atoms with Gasteiger partial charge in [0, 0.05) is 37.9 Å². The van der Waals surface area contributed by atoms with Crippen molar-refractivity contribution in [2.45, 2.75) is 20.4 Å². The van der Waals surface area contributed by atoms with Gasteiger partial charge in [-0.2, -0.15) is 0 Å². The zero-order chi connectivity index (χ0) is 27.1. The van der Waals surface area contributed by atoms with Crippen LogP contribution >= 0.6 is 0 Å². The molecule has 0 aromatic heterocycles. The molecule has 0 amide bonds. The molecule has 5 heteroatoms. The summed E-state index contributed by atoms with van der Waals surface area (Å²) in [6.45, 7) is 6.74. The van der Waals surface area contributed by atoms with Crippen LogP contribution in [0, 0.1) is 13.8 Å². The molecular weight excluding hydrogens is 458 g/mol. The molecule has 0 N–H and O–H groups in total. The van der Waals surface area contributed by atoms with Crippen LogP contribution in [0.25, 0.3) is 17.2 Å². The standard InChI is InChI=1S/C32H41N3O2/c1-23-17-24(2)19-27(18-23)25-9-13-31(35(7)16-15-33(3)4)26(20-25)10-14-32(36)30-12-11-29(37-8)21-28(30)22-34(5)6/h9-14,17-21H,15-16,22H2,1-8H3. The van der Waals surface area contributed by atoms with Crippen molar-refractivity contribution < 1.29 is 9.53 Å². The van der Waals surface area contributed by atoms with Crippen molar-refractivity contribution in [1.29, 1.82) is 0 Å². The van der Waals surface area contributed by atoms with Crippen molar-refractivity contribution in [3.05, 3.63) is 88.5 Å². The number of carbonyl (C=O) groups excluding carboxylic acids is 1. The molecule has 0 atom stereocenters. The number of hydrogen-bond donors (Lipinski definition) is 0. The van der Waals surface area contributed by atoms with Crippen molar-refractivity contribution in [3.63, 3.8) is 0 Å². The fourth-order valence-corrected chi connectivity index (χ4v) is 4.49. The number of methoxy groups -OCH3 is 1. The van der Waals surface area contributed by atoms with E-state index in [2.05, 4.69) is 86.1 Å². The Morgan fingerprint density at radius 2 is 1.51 bits per heavy atom. The molecule has 0 unspecified atom stereocenters. The summed E-state index contributed by atoms with van der Waals surface area (Å²) in [5, 5.41) is 0. The molecule has 0 saturated heterocycles. The summed E-state index contributed by atoms with van der Waals surface area (Å²) in [6.07, 6.45) is 3.66. The summed E-state index contributed by atoms with van der Waals surface area (Å²) in [5.74, 6) is 0.738. The van der Waals surface area contributed by atoms with Crippen molar-refractivity contribution in [3.8, 4) is 16.9 Å². The summed E-state index contributed by atoms with van der Waals surface area (Å²) in [4.78, 5) is 19.9. The SMILES string of the molecule is COc1ccc(C(=O)C=Cc2cc(-c3cc(C)cc(C)c3)ccc2N(C)CCN(C)C)c(CN(C)C)c1. The second-order valence-electron chi connectivity index (χ2n) is 10.3. The topological polar surface area (TPSA) is 36.0 Å². The molecule has 3 aromatic carbocycles. The molecule has 3 aromatic rings. The summed E-state index contributed by atoms with van der Waals surface area (Å²) in [7, 11) is 11.9. The van der Waals surface area contributed by atoms with Crippen molar-refractivity contribution >= 4 is 17.5 Å². The van der Waals surface area contributed by atoms with Crippen LogP contribution in [0.2, 0.25) is 0 Å². The lowest BCUT2D eigenvalue weighted by atomic mass is 9.97. The number of rotatable bonds is 11. The second kappa shape index (κ2) is 12.7. The van der Waals surface area contributed by atoms with Gasteiger partial charge >= 0.3 is 0 Å². The Labute approximate surface area is 223 Å². The number of hydrogen-bond acceptors (Lipinski definition) is 5. The highest BCUT2D eigenvalue weighted by Gasteiger charge is 2.13. The van der Waals surface area contributed by atoms with Crippen LogP contribution in [0.3, 0.4) is 0 Å². The molecule has 3 rings (SSSR count). The number of ether oxygens (including phenoxy) is 1. The van der Waals surface area contributed by atoms with Gasteiger partial charge in [-0.05, 0) is 107 Å². The van der Waals surface area contributed by atoms with E-state index in [9.17, 15) is 4.79 Å². The van der Waals surface area contributed by atoms with Gasteiger partial charge in [0.1, 0.15) is 5.75 Å². The molecule has 0 saturated carbocycles. The first kappa shape index (κ1) is 28.2. The lowest BCUT2D eigenvalue weighted by Crippen LogP contribution is -2.28. The maximum Gasteiger partial charge on any atom is 0.186 e. The third-order valence-electron chi connectivity index (χ3n) is 6.36. The average Bonchev–Trinajstić information content (AvgIpc) is 2.84. The Morgan fingerprint density at radius 1 is 0.811 bits per heavy atom. The molecular formula is C32H41N3O2. The number of nitrogens with zero attached hydrogens (tertiary/aromatic N) is 3. The van der Waals surface area contributed by atoms with Crippen LogP contribution < -0.4 is 9.64 Å². The predicted molar refractivity (Wildman–Crippen MR) is 157 cm³/mol. The number of aryl methyl sites for hydroxylation is 2. The zero-order valence-corrected chi connectivity index (χ0v) is 23.6. The Bertz CT molecular complexity index is 1240. The van der Waals surface area contributed by atoms with Crippen LogP contribution in [0.1, 0.15) is 32.6 Å². The van der Waals surface area contributed by atoms with Crippen LogP contribution in [-0.2, 0) is 6.54 Å². The van der Waals surface area contributed by atoms with E-state index in [0.717, 1.165) is 41.2 Å². The summed E-state index contributed by atoms with van der Waals surface area (Å²) < 4.78 is 5.40. The quantitative estimate of drug-likeness (QED) is 0.241. The highest BCUT2D eigenvalue weighted by atomic mass is 16.5. The Balaban J connectivity index is 2.02. The maximum absolute atomic E-state index is 13.4. The van der Waals surface area contributed by atoms with Crippen LogP contribution in [0.15, 0.2) is 60.7 Å². The van der Waals surface area contributed by atoms with E-state index < -0.39 is 0 Å². The summed E-state index contributed by atoms with van der Waals surface area (Å²) in [6, 6.07) is 18.8. The van der Waals surface area contributed by atoms with Crippen LogP contribution in [-0.4, -0.2) is 71.0 Å². The third-order valence-corrected chi connectivity index (χ3v) is 6.36. The number of ketones is 1. The highest BCUT2D eigenvalue weighted by molar-refractivity contribution is 6.08. The number of anilines is 1. The van der Waals surface area contributed by atoms with Gasteiger partial charge < -0.3 is 19.4 Å². The molecule has 0 bridgehead atoms. The van der Waals surface area contributed by atoms with Gasteiger partial charge in [0.15, 0.2) is 5.78 Å². The molecule has 196 valence electrons. The number of benzene rings is 3. The lowest BCUT2D eigenvalue weighted by molar-refractivity contribution is 0.104. The molecule has 37 heavy (non-hydrogen) atoms. The van der Waals surface area contributed by atoms with E-state index in [1.165, 1.54) is 16.7 Å². The molecule has 0 radical (unpaired) electrons. The first-order valence-electron chi connectivity index (χ1n) is 12.7. The minimum atomic E-state index is -0.0156. The van der Waals surface area contributed by atoms with Gasteiger partial charge in [-0.1, -0.05) is 35.4 Å². The fraction of sp³-hybridized carbons (Fsp3) is 0.344. The van der Waals surface area contributed by atoms with Gasteiger partial charge in [-0.3, -0.25) is 4.79 Å². The summed E-state index contributed by atoms with van der Waals surface area (Å²) >= 11 is 0. The van der Waals surface area contributed by atoms with E-state index in [1.807, 2.05) is 38.4 Å². The van der Waals surface area contributed by atoms with E-state index in [1.54, 1.807) is 13.2 Å². The van der Waals surface area contributed by atoms with Gasteiger partial charge in [0.05, 0.1) is 7.11 Å².